The van der Waals surface area contributed by atoms with Crippen molar-refractivity contribution >= 4 is 18.0 Å². The molecule has 0 amide bonds. The monoisotopic (exact) mass is 634 g/mol. The maximum atomic E-state index is 13.5. The van der Waals surface area contributed by atoms with Crippen LogP contribution in [-0.2, 0) is 23.7 Å². The van der Waals surface area contributed by atoms with Gasteiger partial charge in [0.25, 0.3) is 0 Å². The van der Waals surface area contributed by atoms with Crippen LogP contribution in [0.25, 0.3) is 6.08 Å². The number of fused-ring (bicyclic) bond motifs is 2. The SMILES string of the molecule is COCOc1cc(OCC(F)(F)F)cc2c1C(=O)O[C@@H](C)[C@H](C)/C=C\C(OC(=O)c1ccccc1)[C@H]1OC(C)(C)O[C@H]1CC=C2. The van der Waals surface area contributed by atoms with Gasteiger partial charge in [0.2, 0.25) is 0 Å². The Morgan fingerprint density at radius 3 is 2.47 bits per heavy atom. The van der Waals surface area contributed by atoms with Crippen molar-refractivity contribution < 1.29 is 55.9 Å². The average molecular weight is 635 g/mol. The third-order valence-electron chi connectivity index (χ3n) is 7.15. The van der Waals surface area contributed by atoms with Crippen LogP contribution in [0.4, 0.5) is 13.2 Å². The number of halogens is 3. The van der Waals surface area contributed by atoms with Crippen LogP contribution < -0.4 is 9.47 Å². The highest BCUT2D eigenvalue weighted by atomic mass is 19.4. The second-order valence-electron chi connectivity index (χ2n) is 11.2. The predicted octanol–water partition coefficient (Wildman–Crippen LogP) is 6.51. The van der Waals surface area contributed by atoms with E-state index in [2.05, 4.69) is 0 Å². The topological polar surface area (TPSA) is 98.8 Å². The summed E-state index contributed by atoms with van der Waals surface area (Å²) in [6.45, 7) is 5.17. The van der Waals surface area contributed by atoms with Crippen molar-refractivity contribution in [1.82, 2.24) is 0 Å². The van der Waals surface area contributed by atoms with Gasteiger partial charge < -0.3 is 33.2 Å². The van der Waals surface area contributed by atoms with Gasteiger partial charge in [-0.2, -0.15) is 13.2 Å². The van der Waals surface area contributed by atoms with Gasteiger partial charge in [-0.15, -0.1) is 0 Å². The van der Waals surface area contributed by atoms with E-state index in [9.17, 15) is 22.8 Å². The number of hydrogen-bond donors (Lipinski definition) is 0. The molecule has 12 heteroatoms. The lowest BCUT2D eigenvalue weighted by molar-refractivity contribution is -0.153. The number of rotatable bonds is 7. The van der Waals surface area contributed by atoms with Gasteiger partial charge in [0, 0.05) is 19.1 Å². The number of ether oxygens (including phenoxy) is 7. The van der Waals surface area contributed by atoms with Crippen molar-refractivity contribution in [3.8, 4) is 11.5 Å². The molecular formula is C33H37F3O9. The van der Waals surface area contributed by atoms with Gasteiger partial charge in [-0.1, -0.05) is 43.4 Å². The quantitative estimate of drug-likeness (QED) is 0.192. The van der Waals surface area contributed by atoms with E-state index in [0.29, 0.717) is 5.56 Å². The average Bonchev–Trinajstić information content (AvgIpc) is 3.29. The number of hydrogen-bond acceptors (Lipinski definition) is 9. The van der Waals surface area contributed by atoms with E-state index in [1.165, 1.54) is 19.2 Å². The van der Waals surface area contributed by atoms with Crippen LogP contribution in [0.2, 0.25) is 0 Å². The first-order chi connectivity index (χ1) is 21.3. The van der Waals surface area contributed by atoms with E-state index < -0.39 is 54.9 Å². The Morgan fingerprint density at radius 1 is 1.04 bits per heavy atom. The molecule has 2 aromatic carbocycles. The third-order valence-corrected chi connectivity index (χ3v) is 7.15. The molecule has 1 unspecified atom stereocenters. The van der Waals surface area contributed by atoms with Crippen LogP contribution in [0.5, 0.6) is 11.5 Å². The minimum Gasteiger partial charge on any atom is -0.484 e. The van der Waals surface area contributed by atoms with Crippen LogP contribution in [-0.4, -0.2) is 68.8 Å². The zero-order chi connectivity index (χ0) is 32.8. The summed E-state index contributed by atoms with van der Waals surface area (Å²) in [6, 6.07) is 11.0. The first kappa shape index (κ1) is 34.0. The molecule has 0 spiro atoms. The molecule has 45 heavy (non-hydrogen) atoms. The molecule has 1 saturated heterocycles. The molecule has 2 heterocycles. The normalized spacial score (nSPS) is 25.7. The molecule has 0 N–H and O–H groups in total. The molecule has 0 aliphatic carbocycles. The van der Waals surface area contributed by atoms with Gasteiger partial charge in [-0.05, 0) is 57.0 Å². The number of carbonyl (C=O) groups excluding carboxylic acids is 2. The summed E-state index contributed by atoms with van der Waals surface area (Å²) in [6.07, 6.45) is -0.524. The Morgan fingerprint density at radius 2 is 1.78 bits per heavy atom. The molecular weight excluding hydrogens is 597 g/mol. The first-order valence-corrected chi connectivity index (χ1v) is 14.4. The molecule has 0 saturated carbocycles. The molecule has 4 rings (SSSR count). The van der Waals surface area contributed by atoms with E-state index in [1.807, 2.05) is 6.92 Å². The number of alkyl halides is 3. The molecule has 0 radical (unpaired) electrons. The van der Waals surface area contributed by atoms with Gasteiger partial charge in [-0.25, -0.2) is 9.59 Å². The van der Waals surface area contributed by atoms with Crippen LogP contribution in [0.15, 0.2) is 60.7 Å². The lowest BCUT2D eigenvalue weighted by atomic mass is 9.98. The highest BCUT2D eigenvalue weighted by molar-refractivity contribution is 5.97. The van der Waals surface area contributed by atoms with E-state index >= 15 is 0 Å². The smallest absolute Gasteiger partial charge is 0.422 e. The number of cyclic esters (lactones) is 1. The minimum absolute atomic E-state index is 0.0158. The Balaban J connectivity index is 1.75. The Hall–Kier alpha value is -3.87. The van der Waals surface area contributed by atoms with Crippen LogP contribution in [0.1, 0.15) is 60.4 Å². The molecule has 2 aliphatic heterocycles. The van der Waals surface area contributed by atoms with E-state index in [1.54, 1.807) is 75.4 Å². The van der Waals surface area contributed by atoms with E-state index in [-0.39, 0.29) is 41.8 Å². The fourth-order valence-electron chi connectivity index (χ4n) is 4.86. The Kier molecular flexibility index (Phi) is 10.9. The Labute approximate surface area is 259 Å². The van der Waals surface area contributed by atoms with Gasteiger partial charge in [0.05, 0.1) is 11.7 Å². The molecule has 9 nitrogen and oxygen atoms in total. The minimum atomic E-state index is -4.59. The van der Waals surface area contributed by atoms with Crippen LogP contribution >= 0.6 is 0 Å². The van der Waals surface area contributed by atoms with Crippen molar-refractivity contribution in [2.75, 3.05) is 20.5 Å². The standard InChI is InChI=1S/C33H37F3O9/c1-20-14-15-25(43-30(37)22-10-7-6-8-11-22)29-26(44-32(3,4)45-29)13-9-12-23-16-24(40-18-33(34,35)36)17-27(41-19-39-5)28(23)31(38)42-21(20)2/h6-12,14-17,20-21,25-26,29H,13,18-19H2,1-5H3/b12-9?,15-14-/t20-,21+,25?,26+,29-/m1/s1. The molecule has 1 fully saturated rings. The molecule has 0 aromatic heterocycles. The first-order valence-electron chi connectivity index (χ1n) is 14.4. The maximum Gasteiger partial charge on any atom is 0.422 e. The molecule has 0 bridgehead atoms. The second-order valence-corrected chi connectivity index (χ2v) is 11.2. The summed E-state index contributed by atoms with van der Waals surface area (Å²) in [5.74, 6) is -2.94. The summed E-state index contributed by atoms with van der Waals surface area (Å²) >= 11 is 0. The van der Waals surface area contributed by atoms with E-state index in [0.717, 1.165) is 0 Å². The zero-order valence-corrected chi connectivity index (χ0v) is 25.7. The van der Waals surface area contributed by atoms with Crippen molar-refractivity contribution in [2.45, 2.75) is 70.5 Å². The fraction of sp³-hybridized carbons (Fsp3) is 0.455. The van der Waals surface area contributed by atoms with Gasteiger partial charge in [-0.3, -0.25) is 0 Å². The zero-order valence-electron chi connectivity index (χ0n) is 25.7. The summed E-state index contributed by atoms with van der Waals surface area (Å²) in [4.78, 5) is 26.6. The van der Waals surface area contributed by atoms with Gasteiger partial charge >= 0.3 is 18.1 Å². The lowest BCUT2D eigenvalue weighted by Crippen LogP contribution is -2.37. The Bertz CT molecular complexity index is 1390. The molecule has 2 aliphatic rings. The van der Waals surface area contributed by atoms with Gasteiger partial charge in [0.15, 0.2) is 19.2 Å². The maximum absolute atomic E-state index is 13.5. The molecule has 5 atom stereocenters. The van der Waals surface area contributed by atoms with Crippen LogP contribution in [0, 0.1) is 5.92 Å². The predicted molar refractivity (Wildman–Crippen MR) is 157 cm³/mol. The highest BCUT2D eigenvalue weighted by Gasteiger charge is 2.45. The fourth-order valence-corrected chi connectivity index (χ4v) is 4.86. The number of benzene rings is 2. The number of methoxy groups -OCH3 is 1. The second kappa shape index (κ2) is 14.5. The van der Waals surface area contributed by atoms with Gasteiger partial charge in [0.1, 0.15) is 35.4 Å². The van der Waals surface area contributed by atoms with E-state index in [4.69, 9.17) is 33.2 Å². The third kappa shape index (κ3) is 9.32. The number of carbonyl (C=O) groups is 2. The van der Waals surface area contributed by atoms with Crippen molar-refractivity contribution in [3.05, 3.63) is 77.4 Å². The van der Waals surface area contributed by atoms with Crippen molar-refractivity contribution in [3.63, 3.8) is 0 Å². The summed E-state index contributed by atoms with van der Waals surface area (Å²) in [5.41, 5.74) is 0.541. The molecule has 2 aromatic rings. The van der Waals surface area contributed by atoms with Crippen molar-refractivity contribution in [2.24, 2.45) is 5.92 Å². The summed E-state index contributed by atoms with van der Waals surface area (Å²) in [7, 11) is 1.36. The van der Waals surface area contributed by atoms with Crippen molar-refractivity contribution in [1.29, 1.82) is 0 Å². The largest absolute Gasteiger partial charge is 0.484 e. The summed E-state index contributed by atoms with van der Waals surface area (Å²) < 4.78 is 78.6. The highest BCUT2D eigenvalue weighted by Crippen LogP contribution is 2.36. The lowest BCUT2D eigenvalue weighted by Gasteiger charge is -2.25. The molecule has 244 valence electrons. The summed E-state index contributed by atoms with van der Waals surface area (Å²) in [5, 5.41) is 0. The number of esters is 2. The van der Waals surface area contributed by atoms with Crippen LogP contribution in [0.3, 0.4) is 0 Å².